The molecule has 0 saturated carbocycles. The van der Waals surface area contributed by atoms with Crippen molar-refractivity contribution in [3.05, 3.63) is 59.8 Å². The van der Waals surface area contributed by atoms with Crippen molar-refractivity contribution in [2.75, 3.05) is 12.4 Å². The van der Waals surface area contributed by atoms with Gasteiger partial charge in [-0.25, -0.2) is 4.98 Å². The summed E-state index contributed by atoms with van der Waals surface area (Å²) in [7, 11) is 1.68. The minimum Gasteiger partial charge on any atom is -0.497 e. The number of H-pyrrole nitrogens is 1. The van der Waals surface area contributed by atoms with Crippen molar-refractivity contribution in [1.29, 1.82) is 0 Å². The second-order valence-electron chi connectivity index (χ2n) is 5.22. The van der Waals surface area contributed by atoms with Crippen LogP contribution in [0, 0.1) is 13.8 Å². The van der Waals surface area contributed by atoms with E-state index in [2.05, 4.69) is 48.4 Å². The van der Waals surface area contributed by atoms with E-state index in [4.69, 9.17) is 4.74 Å². The van der Waals surface area contributed by atoms with Gasteiger partial charge < -0.3 is 10.1 Å². The molecule has 0 aliphatic heterocycles. The molecule has 0 unspecified atom stereocenters. The van der Waals surface area contributed by atoms with Crippen LogP contribution >= 0.6 is 0 Å². The Kier molecular flexibility index (Phi) is 3.48. The summed E-state index contributed by atoms with van der Waals surface area (Å²) < 4.78 is 5.19. The van der Waals surface area contributed by atoms with Gasteiger partial charge in [0.15, 0.2) is 5.69 Å². The van der Waals surface area contributed by atoms with E-state index < -0.39 is 0 Å². The molecule has 0 bridgehead atoms. The minimum atomic E-state index is 0.860. The summed E-state index contributed by atoms with van der Waals surface area (Å²) in [5.74, 6) is 0.860. The molecule has 0 fully saturated rings. The zero-order valence-corrected chi connectivity index (χ0v) is 12.5. The number of aromatic nitrogens is 1. The third-order valence-electron chi connectivity index (χ3n) is 3.62. The van der Waals surface area contributed by atoms with Crippen molar-refractivity contribution in [3.8, 4) is 5.75 Å². The second kappa shape index (κ2) is 5.44. The summed E-state index contributed by atoms with van der Waals surface area (Å²) in [6.45, 7) is 4.19. The van der Waals surface area contributed by atoms with Gasteiger partial charge >= 0.3 is 0 Å². The number of ether oxygens (including phenoxy) is 1. The zero-order valence-electron chi connectivity index (χ0n) is 12.5. The van der Waals surface area contributed by atoms with Crippen LogP contribution in [-0.2, 0) is 0 Å². The highest BCUT2D eigenvalue weighted by Gasteiger charge is 2.11. The number of hydrogen-bond acceptors (Lipinski definition) is 2. The van der Waals surface area contributed by atoms with Crippen LogP contribution in [0.3, 0.4) is 0 Å². The third-order valence-corrected chi connectivity index (χ3v) is 3.62. The predicted molar refractivity (Wildman–Crippen MR) is 86.3 cm³/mol. The van der Waals surface area contributed by atoms with Crippen molar-refractivity contribution in [2.24, 2.45) is 0 Å². The summed E-state index contributed by atoms with van der Waals surface area (Å²) >= 11 is 0. The van der Waals surface area contributed by atoms with Gasteiger partial charge in [-0.05, 0) is 37.3 Å². The smallest absolute Gasteiger partial charge is 0.216 e. The Balaban J connectivity index is 2.05. The van der Waals surface area contributed by atoms with Crippen LogP contribution in [-0.4, -0.2) is 7.11 Å². The minimum absolute atomic E-state index is 0.860. The molecule has 0 atom stereocenters. The molecule has 3 aromatic rings. The lowest BCUT2D eigenvalue weighted by atomic mass is 10.1. The van der Waals surface area contributed by atoms with E-state index in [1.807, 2.05) is 24.3 Å². The van der Waals surface area contributed by atoms with Gasteiger partial charge in [0, 0.05) is 24.2 Å². The quantitative estimate of drug-likeness (QED) is 0.786. The highest BCUT2D eigenvalue weighted by molar-refractivity contribution is 5.92. The van der Waals surface area contributed by atoms with Crippen LogP contribution in [0.2, 0.25) is 0 Å². The van der Waals surface area contributed by atoms with Gasteiger partial charge in [0.1, 0.15) is 5.75 Å². The van der Waals surface area contributed by atoms with Crippen molar-refractivity contribution in [2.45, 2.75) is 13.8 Å². The number of para-hydroxylation sites is 1. The maximum Gasteiger partial charge on any atom is 0.216 e. The molecule has 1 aromatic heterocycles. The number of hydrogen-bond donors (Lipinski definition) is 1. The standard InChI is InChI=1S/C18H18N2O/c1-12-5-4-6-16-17(11-13(2)19-18(12)16)20-14-7-9-15(21-3)10-8-14/h4-11H,1-3H3,(H,19,20)/p+1. The molecule has 0 aliphatic carbocycles. The molecular weight excluding hydrogens is 260 g/mol. The lowest BCUT2D eigenvalue weighted by molar-refractivity contribution is -0.354. The largest absolute Gasteiger partial charge is 0.497 e. The number of aromatic amines is 1. The molecule has 3 heteroatoms. The molecule has 3 nitrogen and oxygen atoms in total. The van der Waals surface area contributed by atoms with Crippen LogP contribution in [0.25, 0.3) is 10.9 Å². The van der Waals surface area contributed by atoms with Gasteiger partial charge in [-0.15, -0.1) is 0 Å². The van der Waals surface area contributed by atoms with E-state index in [1.165, 1.54) is 16.5 Å². The Bertz CT molecular complexity index is 779. The van der Waals surface area contributed by atoms with Crippen LogP contribution in [0.5, 0.6) is 5.75 Å². The molecular formula is C18H19N2O+. The Morgan fingerprint density at radius 2 is 1.76 bits per heavy atom. The first kappa shape index (κ1) is 13.4. The molecule has 1 heterocycles. The van der Waals surface area contributed by atoms with Gasteiger partial charge in [-0.1, -0.05) is 12.1 Å². The van der Waals surface area contributed by atoms with Crippen molar-refractivity contribution >= 4 is 22.3 Å². The molecule has 0 aliphatic rings. The highest BCUT2D eigenvalue weighted by Crippen LogP contribution is 2.27. The Morgan fingerprint density at radius 3 is 2.48 bits per heavy atom. The fraction of sp³-hybridized carbons (Fsp3) is 0.167. The van der Waals surface area contributed by atoms with Crippen LogP contribution in [0.1, 0.15) is 11.3 Å². The van der Waals surface area contributed by atoms with E-state index >= 15 is 0 Å². The number of aryl methyl sites for hydroxylation is 2. The summed E-state index contributed by atoms with van der Waals surface area (Å²) in [6.07, 6.45) is 0. The highest BCUT2D eigenvalue weighted by atomic mass is 16.5. The van der Waals surface area contributed by atoms with E-state index in [0.717, 1.165) is 22.8 Å². The first-order chi connectivity index (χ1) is 10.2. The van der Waals surface area contributed by atoms with E-state index in [0.29, 0.717) is 0 Å². The fourth-order valence-electron chi connectivity index (χ4n) is 2.52. The number of pyridine rings is 1. The summed E-state index contributed by atoms with van der Waals surface area (Å²) in [6, 6.07) is 16.4. The summed E-state index contributed by atoms with van der Waals surface area (Å²) in [4.78, 5) is 3.44. The van der Waals surface area contributed by atoms with Gasteiger partial charge in [-0.2, -0.15) is 0 Å². The van der Waals surface area contributed by atoms with Crippen molar-refractivity contribution in [1.82, 2.24) is 0 Å². The Labute approximate surface area is 124 Å². The molecule has 0 spiro atoms. The third kappa shape index (κ3) is 2.68. The number of anilines is 2. The van der Waals surface area contributed by atoms with Crippen LogP contribution in [0.15, 0.2) is 48.5 Å². The molecule has 106 valence electrons. The van der Waals surface area contributed by atoms with Crippen LogP contribution < -0.4 is 15.0 Å². The number of benzene rings is 2. The topological polar surface area (TPSA) is 35.4 Å². The maximum atomic E-state index is 5.19. The predicted octanol–water partition coefficient (Wildman–Crippen LogP) is 4.02. The second-order valence-corrected chi connectivity index (χ2v) is 5.22. The lowest BCUT2D eigenvalue weighted by Crippen LogP contribution is -2.11. The van der Waals surface area contributed by atoms with Crippen LogP contribution in [0.4, 0.5) is 11.4 Å². The van der Waals surface area contributed by atoms with Gasteiger partial charge in [0.25, 0.3) is 0 Å². The van der Waals surface area contributed by atoms with E-state index in [-0.39, 0.29) is 0 Å². The lowest BCUT2D eigenvalue weighted by Gasteiger charge is -2.09. The summed E-state index contributed by atoms with van der Waals surface area (Å²) in [5, 5.41) is 4.68. The van der Waals surface area contributed by atoms with E-state index in [1.54, 1.807) is 7.11 Å². The number of methoxy groups -OCH3 is 1. The number of nitrogens with one attached hydrogen (secondary N) is 2. The molecule has 0 radical (unpaired) electrons. The Hall–Kier alpha value is -2.55. The number of rotatable bonds is 3. The normalized spacial score (nSPS) is 10.6. The van der Waals surface area contributed by atoms with Gasteiger partial charge in [0.05, 0.1) is 18.2 Å². The fourth-order valence-corrected chi connectivity index (χ4v) is 2.52. The first-order valence-electron chi connectivity index (χ1n) is 7.01. The molecule has 0 amide bonds. The number of fused-ring (bicyclic) bond motifs is 1. The average molecular weight is 279 g/mol. The molecule has 2 N–H and O–H groups in total. The Morgan fingerprint density at radius 1 is 1.00 bits per heavy atom. The van der Waals surface area contributed by atoms with Gasteiger partial charge in [-0.3, -0.25) is 0 Å². The van der Waals surface area contributed by atoms with E-state index in [9.17, 15) is 0 Å². The molecule has 0 saturated heterocycles. The maximum absolute atomic E-state index is 5.19. The summed E-state index contributed by atoms with van der Waals surface area (Å²) in [5.41, 5.74) is 5.70. The zero-order chi connectivity index (χ0) is 14.8. The molecule has 2 aromatic carbocycles. The monoisotopic (exact) mass is 279 g/mol. The van der Waals surface area contributed by atoms with Gasteiger partial charge in [0.2, 0.25) is 5.52 Å². The van der Waals surface area contributed by atoms with Crippen molar-refractivity contribution < 1.29 is 9.72 Å². The first-order valence-corrected chi connectivity index (χ1v) is 7.01. The SMILES string of the molecule is COc1ccc(Nc2cc(C)[nH+]c3c(C)cccc23)cc1. The molecule has 3 rings (SSSR count). The molecule has 21 heavy (non-hydrogen) atoms. The average Bonchev–Trinajstić information content (AvgIpc) is 2.49. The van der Waals surface area contributed by atoms with Crippen molar-refractivity contribution in [3.63, 3.8) is 0 Å².